The number of nitrogens with zero attached hydrogens (tertiary/aromatic N) is 1. The van der Waals surface area contributed by atoms with Gasteiger partial charge in [0.15, 0.2) is 0 Å². The van der Waals surface area contributed by atoms with E-state index in [1.807, 2.05) is 24.3 Å². The van der Waals surface area contributed by atoms with Crippen molar-refractivity contribution in [2.24, 2.45) is 5.16 Å². The molecule has 0 N–H and O–H groups in total. The number of hydrogen-bond donors (Lipinski definition) is 0. The summed E-state index contributed by atoms with van der Waals surface area (Å²) < 4.78 is 0. The predicted octanol–water partition coefficient (Wildman–Crippen LogP) is 4.63. The highest BCUT2D eigenvalue weighted by molar-refractivity contribution is 6.45. The van der Waals surface area contributed by atoms with Crippen molar-refractivity contribution in [2.45, 2.75) is 27.2 Å². The number of carbonyl (C=O) groups is 2. The third-order valence-corrected chi connectivity index (χ3v) is 4.13. The first kappa shape index (κ1) is 16.8. The number of Topliss-reactive ketones (excluding diaryl/α,β-unsaturated/α-hetero) is 1. The third-order valence-electron chi connectivity index (χ3n) is 4.13. The van der Waals surface area contributed by atoms with E-state index in [9.17, 15) is 9.59 Å². The summed E-state index contributed by atoms with van der Waals surface area (Å²) in [5.74, 6) is -0.805. The van der Waals surface area contributed by atoms with E-state index in [1.54, 1.807) is 6.07 Å². The molecule has 0 heterocycles. The van der Waals surface area contributed by atoms with Gasteiger partial charge in [0.05, 0.1) is 0 Å². The van der Waals surface area contributed by atoms with Crippen LogP contribution in [0.2, 0.25) is 0 Å². The molecular weight excluding hydrogens is 314 g/mol. The van der Waals surface area contributed by atoms with Crippen LogP contribution in [0.15, 0.2) is 53.7 Å². The van der Waals surface area contributed by atoms with Crippen LogP contribution in [0.4, 0.5) is 0 Å². The Balaban J connectivity index is 2.04. The highest BCUT2D eigenvalue weighted by Gasteiger charge is 2.24. The summed E-state index contributed by atoms with van der Waals surface area (Å²) in [6.07, 6.45) is 3.09. The van der Waals surface area contributed by atoms with Gasteiger partial charge >= 0.3 is 5.97 Å². The Kier molecular flexibility index (Phi) is 4.61. The van der Waals surface area contributed by atoms with E-state index < -0.39 is 5.97 Å². The van der Waals surface area contributed by atoms with Crippen LogP contribution in [0.5, 0.6) is 0 Å². The molecule has 1 aliphatic carbocycles. The fourth-order valence-corrected chi connectivity index (χ4v) is 3.05. The molecule has 1 aliphatic rings. The molecule has 0 aliphatic heterocycles. The molecule has 2 aromatic rings. The maximum atomic E-state index is 12.6. The zero-order valence-corrected chi connectivity index (χ0v) is 14.5. The standard InChI is InChI=1S/C21H19NO3/c1-4-7-16-17-8-5-6-9-18(17)19-11-10-15(12-20(16)19)21(24)13(2)22-25-14(3)23/h5-12H,4H2,1-3H3/b16-7-,22-13-. The van der Waals surface area contributed by atoms with Crippen molar-refractivity contribution in [3.63, 3.8) is 0 Å². The van der Waals surface area contributed by atoms with Gasteiger partial charge in [0.2, 0.25) is 5.78 Å². The summed E-state index contributed by atoms with van der Waals surface area (Å²) >= 11 is 0. The quantitative estimate of drug-likeness (QED) is 0.303. The highest BCUT2D eigenvalue weighted by Crippen LogP contribution is 2.44. The van der Waals surface area contributed by atoms with Gasteiger partial charge in [0.25, 0.3) is 0 Å². The number of allylic oxidation sites excluding steroid dienone is 1. The monoisotopic (exact) mass is 333 g/mol. The molecule has 2 aromatic carbocycles. The van der Waals surface area contributed by atoms with Gasteiger partial charge in [-0.25, -0.2) is 4.79 Å². The lowest BCUT2D eigenvalue weighted by Crippen LogP contribution is -2.12. The van der Waals surface area contributed by atoms with Crippen molar-refractivity contribution < 1.29 is 14.4 Å². The fourth-order valence-electron chi connectivity index (χ4n) is 3.05. The van der Waals surface area contributed by atoms with E-state index in [4.69, 9.17) is 0 Å². The molecule has 0 saturated heterocycles. The molecule has 0 radical (unpaired) electrons. The van der Waals surface area contributed by atoms with Gasteiger partial charge < -0.3 is 4.84 Å². The summed E-state index contributed by atoms with van der Waals surface area (Å²) in [6.45, 7) is 4.88. The first-order valence-electron chi connectivity index (χ1n) is 8.24. The zero-order chi connectivity index (χ0) is 18.0. The molecule has 3 rings (SSSR count). The van der Waals surface area contributed by atoms with Crippen molar-refractivity contribution in [2.75, 3.05) is 0 Å². The lowest BCUT2D eigenvalue weighted by molar-refractivity contribution is -0.140. The van der Waals surface area contributed by atoms with Crippen molar-refractivity contribution >= 4 is 23.0 Å². The molecule has 0 bridgehead atoms. The normalized spacial score (nSPS) is 14.2. The van der Waals surface area contributed by atoms with Crippen LogP contribution < -0.4 is 0 Å². The van der Waals surface area contributed by atoms with Gasteiger partial charge in [-0.1, -0.05) is 54.6 Å². The number of fused-ring (bicyclic) bond motifs is 3. The van der Waals surface area contributed by atoms with E-state index in [-0.39, 0.29) is 11.5 Å². The Hall–Kier alpha value is -3.01. The molecule has 25 heavy (non-hydrogen) atoms. The number of ketones is 1. The SMILES string of the molecule is CC/C=C1/c2ccccc2-c2ccc(C(=O)/C(C)=N\OC(C)=O)cc21. The Morgan fingerprint density at radius 1 is 1.00 bits per heavy atom. The Labute approximate surface area is 146 Å². The van der Waals surface area contributed by atoms with E-state index in [1.165, 1.54) is 25.0 Å². The average Bonchev–Trinajstić information content (AvgIpc) is 2.93. The lowest BCUT2D eigenvalue weighted by Gasteiger charge is -2.06. The first-order chi connectivity index (χ1) is 12.0. The second-order valence-corrected chi connectivity index (χ2v) is 5.92. The van der Waals surface area contributed by atoms with E-state index >= 15 is 0 Å². The molecule has 0 amide bonds. The summed E-state index contributed by atoms with van der Waals surface area (Å²) in [7, 11) is 0. The predicted molar refractivity (Wildman–Crippen MR) is 98.5 cm³/mol. The average molecular weight is 333 g/mol. The summed E-state index contributed by atoms with van der Waals surface area (Å²) in [4.78, 5) is 28.0. The molecule has 4 nitrogen and oxygen atoms in total. The summed E-state index contributed by atoms with van der Waals surface area (Å²) in [6, 6.07) is 13.9. The van der Waals surface area contributed by atoms with Crippen LogP contribution in [0.3, 0.4) is 0 Å². The topological polar surface area (TPSA) is 55.7 Å². The molecule has 0 spiro atoms. The van der Waals surface area contributed by atoms with Crippen LogP contribution in [0, 0.1) is 0 Å². The molecule has 0 atom stereocenters. The van der Waals surface area contributed by atoms with Gasteiger partial charge in [0, 0.05) is 12.5 Å². The molecule has 0 aromatic heterocycles. The Bertz CT molecular complexity index is 922. The van der Waals surface area contributed by atoms with Gasteiger partial charge in [-0.05, 0) is 47.2 Å². The van der Waals surface area contributed by atoms with Crippen LogP contribution in [-0.4, -0.2) is 17.5 Å². The molecule has 126 valence electrons. The second kappa shape index (κ2) is 6.85. The fraction of sp³-hybridized carbons (Fsp3) is 0.190. The lowest BCUT2D eigenvalue weighted by atomic mass is 9.98. The Morgan fingerprint density at radius 2 is 1.68 bits per heavy atom. The van der Waals surface area contributed by atoms with Gasteiger partial charge in [0.1, 0.15) is 5.71 Å². The van der Waals surface area contributed by atoms with Gasteiger partial charge in [-0.2, -0.15) is 0 Å². The Morgan fingerprint density at radius 3 is 2.36 bits per heavy atom. The van der Waals surface area contributed by atoms with Gasteiger partial charge in [-0.15, -0.1) is 0 Å². The van der Waals surface area contributed by atoms with E-state index in [0.29, 0.717) is 5.56 Å². The van der Waals surface area contributed by atoms with Crippen molar-refractivity contribution in [3.8, 4) is 11.1 Å². The van der Waals surface area contributed by atoms with Crippen LogP contribution >= 0.6 is 0 Å². The third kappa shape index (κ3) is 3.15. The second-order valence-electron chi connectivity index (χ2n) is 5.92. The highest BCUT2D eigenvalue weighted by atomic mass is 16.7. The minimum absolute atomic E-state index is 0.145. The molecule has 4 heteroatoms. The number of benzene rings is 2. The van der Waals surface area contributed by atoms with Crippen molar-refractivity contribution in [1.29, 1.82) is 0 Å². The first-order valence-corrected chi connectivity index (χ1v) is 8.24. The van der Waals surface area contributed by atoms with E-state index in [2.05, 4.69) is 35.1 Å². The maximum absolute atomic E-state index is 12.6. The summed E-state index contributed by atoms with van der Waals surface area (Å²) in [5, 5.41) is 3.59. The van der Waals surface area contributed by atoms with E-state index in [0.717, 1.165) is 23.1 Å². The van der Waals surface area contributed by atoms with Crippen LogP contribution in [0.25, 0.3) is 16.7 Å². The van der Waals surface area contributed by atoms with Gasteiger partial charge in [-0.3, -0.25) is 4.79 Å². The number of hydrogen-bond acceptors (Lipinski definition) is 4. The molecule has 0 fully saturated rings. The smallest absolute Gasteiger partial charge is 0.318 e. The number of carbonyl (C=O) groups excluding carboxylic acids is 2. The minimum atomic E-state index is -0.551. The number of rotatable bonds is 4. The zero-order valence-electron chi connectivity index (χ0n) is 14.5. The molecule has 0 saturated carbocycles. The van der Waals surface area contributed by atoms with Crippen molar-refractivity contribution in [3.05, 3.63) is 65.2 Å². The largest absolute Gasteiger partial charge is 0.331 e. The van der Waals surface area contributed by atoms with Crippen LogP contribution in [0.1, 0.15) is 48.7 Å². The molecule has 0 unspecified atom stereocenters. The number of oxime groups is 1. The maximum Gasteiger partial charge on any atom is 0.331 e. The van der Waals surface area contributed by atoms with Crippen molar-refractivity contribution in [1.82, 2.24) is 0 Å². The summed E-state index contributed by atoms with van der Waals surface area (Å²) in [5.41, 5.74) is 6.37. The van der Waals surface area contributed by atoms with Crippen LogP contribution in [-0.2, 0) is 9.63 Å². The minimum Gasteiger partial charge on any atom is -0.318 e. The molecular formula is C21H19NO3.